The first-order chi connectivity index (χ1) is 18.1. The number of hydrogen-bond acceptors (Lipinski definition) is 3. The van der Waals surface area contributed by atoms with Crippen LogP contribution >= 0.6 is 0 Å². The molecular weight excluding hydrogens is 467 g/mol. The highest BCUT2D eigenvalue weighted by Crippen LogP contribution is 2.21. The molecule has 194 valence electrons. The number of para-hydroxylation sites is 1. The minimum absolute atomic E-state index is 0.122. The van der Waals surface area contributed by atoms with Gasteiger partial charge < -0.3 is 15.0 Å². The Hall–Kier alpha value is -3.67. The van der Waals surface area contributed by atoms with Crippen LogP contribution in [0.15, 0.2) is 84.9 Å². The summed E-state index contributed by atoms with van der Waals surface area (Å²) in [6.45, 7) is 0.631. The minimum atomic E-state index is -0.671. The third-order valence-electron chi connectivity index (χ3n) is 6.79. The van der Waals surface area contributed by atoms with Crippen LogP contribution in [0.1, 0.15) is 49.7 Å². The van der Waals surface area contributed by atoms with Crippen molar-refractivity contribution in [3.05, 3.63) is 102 Å². The molecule has 3 aromatic rings. The van der Waals surface area contributed by atoms with Gasteiger partial charge in [0.1, 0.15) is 17.6 Å². The predicted octanol–water partition coefficient (Wildman–Crippen LogP) is 5.68. The van der Waals surface area contributed by atoms with Crippen LogP contribution in [-0.2, 0) is 22.6 Å². The van der Waals surface area contributed by atoms with Crippen LogP contribution in [0.2, 0.25) is 0 Å². The van der Waals surface area contributed by atoms with E-state index in [1.165, 1.54) is 12.1 Å². The number of nitrogens with one attached hydrogen (secondary N) is 1. The molecule has 4 rings (SSSR count). The Bertz CT molecular complexity index is 1120. The lowest BCUT2D eigenvalue weighted by atomic mass is 10.0. The highest BCUT2D eigenvalue weighted by Gasteiger charge is 2.32. The molecule has 1 aliphatic rings. The number of carbonyl (C=O) groups excluding carboxylic acids is 2. The van der Waals surface area contributed by atoms with Crippen LogP contribution in [-0.4, -0.2) is 35.4 Å². The fraction of sp³-hybridized carbons (Fsp3) is 0.355. The van der Waals surface area contributed by atoms with Gasteiger partial charge in [0.15, 0.2) is 0 Å². The highest BCUT2D eigenvalue weighted by atomic mass is 19.1. The summed E-state index contributed by atoms with van der Waals surface area (Å²) in [4.78, 5) is 28.9. The van der Waals surface area contributed by atoms with Crippen LogP contribution in [0.5, 0.6) is 5.75 Å². The number of benzene rings is 3. The van der Waals surface area contributed by atoms with Crippen molar-refractivity contribution in [2.75, 3.05) is 6.61 Å². The van der Waals surface area contributed by atoms with Crippen molar-refractivity contribution in [3.63, 3.8) is 0 Å². The maximum absolute atomic E-state index is 13.6. The Morgan fingerprint density at radius 2 is 1.54 bits per heavy atom. The molecule has 1 aliphatic carbocycles. The van der Waals surface area contributed by atoms with Gasteiger partial charge in [-0.05, 0) is 54.7 Å². The quantitative estimate of drug-likeness (QED) is 0.324. The topological polar surface area (TPSA) is 58.6 Å². The van der Waals surface area contributed by atoms with Crippen LogP contribution in [0.3, 0.4) is 0 Å². The zero-order valence-corrected chi connectivity index (χ0v) is 21.2. The first-order valence-electron chi connectivity index (χ1n) is 13.1. The fourth-order valence-electron chi connectivity index (χ4n) is 4.78. The Morgan fingerprint density at radius 1 is 0.892 bits per heavy atom. The summed E-state index contributed by atoms with van der Waals surface area (Å²) in [6, 6.07) is 24.8. The summed E-state index contributed by atoms with van der Waals surface area (Å²) >= 11 is 0. The van der Waals surface area contributed by atoms with Gasteiger partial charge in [0, 0.05) is 25.4 Å². The zero-order valence-electron chi connectivity index (χ0n) is 21.2. The highest BCUT2D eigenvalue weighted by molar-refractivity contribution is 5.88. The number of ether oxygens (including phenoxy) is 1. The van der Waals surface area contributed by atoms with E-state index in [2.05, 4.69) is 5.32 Å². The molecule has 6 heteroatoms. The van der Waals surface area contributed by atoms with Crippen molar-refractivity contribution in [1.82, 2.24) is 10.2 Å². The Labute approximate surface area is 218 Å². The lowest BCUT2D eigenvalue weighted by molar-refractivity contribution is -0.141. The van der Waals surface area contributed by atoms with Gasteiger partial charge in [0.2, 0.25) is 11.8 Å². The second-order valence-corrected chi connectivity index (χ2v) is 9.61. The standard InChI is InChI=1S/C31H35FN2O3/c32-26-19-17-25(18-20-26)23-34(30(35)16-9-21-37-28-14-5-2-6-15-28)29(22-24-10-3-1-4-11-24)31(36)33-27-12-7-8-13-27/h1-6,10-11,14-15,17-20,27,29H,7-9,12-13,16,21-23H2,(H,33,36)/t29-/m0/s1. The van der Waals surface area contributed by atoms with E-state index in [9.17, 15) is 14.0 Å². The van der Waals surface area contributed by atoms with Crippen molar-refractivity contribution >= 4 is 11.8 Å². The second-order valence-electron chi connectivity index (χ2n) is 9.61. The molecule has 0 unspecified atom stereocenters. The molecular formula is C31H35FN2O3. The van der Waals surface area contributed by atoms with Gasteiger partial charge >= 0.3 is 0 Å². The van der Waals surface area contributed by atoms with E-state index in [-0.39, 0.29) is 36.6 Å². The maximum atomic E-state index is 13.6. The van der Waals surface area contributed by atoms with Crippen molar-refractivity contribution in [2.24, 2.45) is 0 Å². The van der Waals surface area contributed by atoms with E-state index >= 15 is 0 Å². The third-order valence-corrected chi connectivity index (χ3v) is 6.79. The molecule has 3 aromatic carbocycles. The lowest BCUT2D eigenvalue weighted by Gasteiger charge is -2.32. The zero-order chi connectivity index (χ0) is 25.9. The van der Waals surface area contributed by atoms with Gasteiger partial charge in [-0.15, -0.1) is 0 Å². The molecule has 0 spiro atoms. The van der Waals surface area contributed by atoms with E-state index in [4.69, 9.17) is 4.74 Å². The molecule has 1 N–H and O–H groups in total. The summed E-state index contributed by atoms with van der Waals surface area (Å²) in [6.07, 6.45) is 5.32. The molecule has 1 saturated carbocycles. The van der Waals surface area contributed by atoms with Crippen molar-refractivity contribution in [3.8, 4) is 5.75 Å². The maximum Gasteiger partial charge on any atom is 0.243 e. The molecule has 37 heavy (non-hydrogen) atoms. The van der Waals surface area contributed by atoms with E-state index < -0.39 is 6.04 Å². The van der Waals surface area contributed by atoms with E-state index in [0.29, 0.717) is 19.4 Å². The number of halogens is 1. The van der Waals surface area contributed by atoms with Gasteiger partial charge in [-0.25, -0.2) is 4.39 Å². The molecule has 5 nitrogen and oxygen atoms in total. The summed E-state index contributed by atoms with van der Waals surface area (Å²) < 4.78 is 19.3. The average Bonchev–Trinajstić information content (AvgIpc) is 3.44. The summed E-state index contributed by atoms with van der Waals surface area (Å²) in [7, 11) is 0. The first-order valence-corrected chi connectivity index (χ1v) is 13.1. The van der Waals surface area contributed by atoms with Crippen LogP contribution in [0.25, 0.3) is 0 Å². The molecule has 0 bridgehead atoms. The molecule has 0 saturated heterocycles. The average molecular weight is 503 g/mol. The second kappa shape index (κ2) is 13.6. The normalized spacial score (nSPS) is 14.2. The number of nitrogens with zero attached hydrogens (tertiary/aromatic N) is 1. The van der Waals surface area contributed by atoms with Gasteiger partial charge in [-0.2, -0.15) is 0 Å². The molecule has 1 atom stereocenters. The molecule has 2 amide bonds. The summed E-state index contributed by atoms with van der Waals surface area (Å²) in [5.41, 5.74) is 1.76. The minimum Gasteiger partial charge on any atom is -0.494 e. The van der Waals surface area contributed by atoms with Gasteiger partial charge in [0.25, 0.3) is 0 Å². The van der Waals surface area contributed by atoms with Crippen LogP contribution in [0.4, 0.5) is 4.39 Å². The van der Waals surface area contributed by atoms with E-state index in [0.717, 1.165) is 42.6 Å². The smallest absolute Gasteiger partial charge is 0.243 e. The van der Waals surface area contributed by atoms with Crippen LogP contribution in [0, 0.1) is 5.82 Å². The third kappa shape index (κ3) is 8.17. The molecule has 0 aliphatic heterocycles. The van der Waals surface area contributed by atoms with Gasteiger partial charge in [0.05, 0.1) is 6.61 Å². The van der Waals surface area contributed by atoms with Crippen molar-refractivity contribution in [2.45, 2.75) is 63.6 Å². The van der Waals surface area contributed by atoms with Gasteiger partial charge in [-0.1, -0.05) is 73.5 Å². The van der Waals surface area contributed by atoms with Gasteiger partial charge in [-0.3, -0.25) is 9.59 Å². The Morgan fingerprint density at radius 3 is 2.22 bits per heavy atom. The summed E-state index contributed by atoms with van der Waals surface area (Å²) in [5, 5.41) is 3.20. The summed E-state index contributed by atoms with van der Waals surface area (Å²) in [5.74, 6) is 0.172. The molecule has 0 heterocycles. The monoisotopic (exact) mass is 502 g/mol. The molecule has 1 fully saturated rings. The van der Waals surface area contributed by atoms with E-state index in [1.807, 2.05) is 60.7 Å². The van der Waals surface area contributed by atoms with Crippen LogP contribution < -0.4 is 10.1 Å². The number of rotatable bonds is 12. The van der Waals surface area contributed by atoms with E-state index in [1.54, 1.807) is 17.0 Å². The largest absolute Gasteiger partial charge is 0.494 e. The predicted molar refractivity (Wildman–Crippen MR) is 142 cm³/mol. The SMILES string of the molecule is O=C(NC1CCCC1)[C@H](Cc1ccccc1)N(Cc1ccc(F)cc1)C(=O)CCCOc1ccccc1. The van der Waals surface area contributed by atoms with Crippen molar-refractivity contribution < 1.29 is 18.7 Å². The Kier molecular flexibility index (Phi) is 9.69. The molecule has 0 aromatic heterocycles. The first kappa shape index (κ1) is 26.4. The lowest BCUT2D eigenvalue weighted by Crippen LogP contribution is -2.52. The molecule has 0 radical (unpaired) electrons. The number of carbonyl (C=O) groups is 2. The fourth-order valence-corrected chi connectivity index (χ4v) is 4.78. The number of hydrogen-bond donors (Lipinski definition) is 1. The Balaban J connectivity index is 1.52. The number of amides is 2. The van der Waals surface area contributed by atoms with Crippen molar-refractivity contribution in [1.29, 1.82) is 0 Å².